The second-order valence-corrected chi connectivity index (χ2v) is 3.71. The van der Waals surface area contributed by atoms with Crippen LogP contribution in [0, 0.1) is 11.3 Å². The van der Waals surface area contributed by atoms with Gasteiger partial charge in [0.2, 0.25) is 0 Å². The highest BCUT2D eigenvalue weighted by atomic mass is 16.3. The zero-order valence-electron chi connectivity index (χ0n) is 9.22. The molecule has 0 unspecified atom stereocenters. The summed E-state index contributed by atoms with van der Waals surface area (Å²) in [4.78, 5) is 0. The van der Waals surface area contributed by atoms with E-state index in [1.54, 1.807) is 24.3 Å². The van der Waals surface area contributed by atoms with E-state index < -0.39 is 0 Å². The second kappa shape index (κ2) is 5.04. The van der Waals surface area contributed by atoms with Gasteiger partial charge in [0, 0.05) is 12.2 Å². The van der Waals surface area contributed by atoms with Gasteiger partial charge in [0.15, 0.2) is 0 Å². The molecule has 0 aliphatic rings. The summed E-state index contributed by atoms with van der Waals surface area (Å²) in [5.74, 6) is 0.264. The highest BCUT2D eigenvalue weighted by Gasteiger charge is 1.96. The maximum atomic E-state index is 9.15. The molecule has 0 bridgehead atoms. The summed E-state index contributed by atoms with van der Waals surface area (Å²) < 4.78 is 0. The van der Waals surface area contributed by atoms with E-state index in [0.29, 0.717) is 12.1 Å². The maximum Gasteiger partial charge on any atom is 0.115 e. The molecular weight excluding hydrogens is 212 g/mol. The minimum Gasteiger partial charge on any atom is -0.508 e. The number of hydrogen-bond acceptors (Lipinski definition) is 3. The zero-order valence-corrected chi connectivity index (χ0v) is 9.22. The smallest absolute Gasteiger partial charge is 0.115 e. The van der Waals surface area contributed by atoms with Gasteiger partial charge in [-0.25, -0.2) is 0 Å². The Labute approximate surface area is 100.0 Å². The summed E-state index contributed by atoms with van der Waals surface area (Å²) >= 11 is 0. The molecule has 3 heteroatoms. The van der Waals surface area contributed by atoms with E-state index in [0.717, 1.165) is 11.3 Å². The molecule has 0 aromatic heterocycles. The van der Waals surface area contributed by atoms with Gasteiger partial charge in [-0.15, -0.1) is 0 Å². The number of phenols is 1. The first-order chi connectivity index (χ1) is 8.28. The van der Waals surface area contributed by atoms with Gasteiger partial charge in [0.05, 0.1) is 11.6 Å². The predicted octanol–water partition coefficient (Wildman–Crippen LogP) is 2.88. The summed E-state index contributed by atoms with van der Waals surface area (Å²) in [5, 5.41) is 21.1. The number of nitrogens with zero attached hydrogens (tertiary/aromatic N) is 1. The molecule has 84 valence electrons. The predicted molar refractivity (Wildman–Crippen MR) is 66.6 cm³/mol. The van der Waals surface area contributed by atoms with Crippen LogP contribution in [0.15, 0.2) is 48.5 Å². The Kier molecular flexibility index (Phi) is 3.27. The Morgan fingerprint density at radius 1 is 1.12 bits per heavy atom. The second-order valence-electron chi connectivity index (χ2n) is 3.71. The van der Waals surface area contributed by atoms with Gasteiger partial charge in [0.25, 0.3) is 0 Å². The number of benzene rings is 2. The molecule has 2 aromatic carbocycles. The molecule has 3 nitrogen and oxygen atoms in total. The molecule has 0 fully saturated rings. The van der Waals surface area contributed by atoms with Crippen molar-refractivity contribution < 1.29 is 5.11 Å². The third-order valence-corrected chi connectivity index (χ3v) is 2.42. The van der Waals surface area contributed by atoms with Gasteiger partial charge in [-0.3, -0.25) is 0 Å². The third-order valence-electron chi connectivity index (χ3n) is 2.42. The summed E-state index contributed by atoms with van der Waals surface area (Å²) in [7, 11) is 0. The topological polar surface area (TPSA) is 56.0 Å². The summed E-state index contributed by atoms with van der Waals surface area (Å²) in [6.07, 6.45) is 0. The molecule has 0 aliphatic carbocycles. The average Bonchev–Trinajstić information content (AvgIpc) is 2.38. The van der Waals surface area contributed by atoms with Crippen molar-refractivity contribution in [3.8, 4) is 11.8 Å². The van der Waals surface area contributed by atoms with Crippen molar-refractivity contribution in [3.05, 3.63) is 59.7 Å². The fourth-order valence-corrected chi connectivity index (χ4v) is 1.52. The number of hydrogen-bond donors (Lipinski definition) is 2. The molecular formula is C14H12N2O. The van der Waals surface area contributed by atoms with Crippen LogP contribution in [0.4, 0.5) is 5.69 Å². The fraction of sp³-hybridized carbons (Fsp3) is 0.0714. The van der Waals surface area contributed by atoms with Gasteiger partial charge in [-0.1, -0.05) is 18.2 Å². The van der Waals surface area contributed by atoms with E-state index >= 15 is 0 Å². The minimum atomic E-state index is 0.264. The number of nitrogens with one attached hydrogen (secondary N) is 1. The standard InChI is InChI=1S/C14H12N2O/c15-9-12-2-1-3-13(8-12)16-10-11-4-6-14(17)7-5-11/h1-8,16-17H,10H2. The van der Waals surface area contributed by atoms with Crippen molar-refractivity contribution in [1.29, 1.82) is 5.26 Å². The maximum absolute atomic E-state index is 9.15. The highest BCUT2D eigenvalue weighted by Crippen LogP contribution is 2.13. The quantitative estimate of drug-likeness (QED) is 0.842. The minimum absolute atomic E-state index is 0.264. The van der Waals surface area contributed by atoms with Crippen LogP contribution in [-0.2, 0) is 6.54 Å². The first-order valence-corrected chi connectivity index (χ1v) is 5.30. The Hall–Kier alpha value is -2.47. The van der Waals surface area contributed by atoms with Crippen LogP contribution in [0.2, 0.25) is 0 Å². The number of aromatic hydroxyl groups is 1. The number of rotatable bonds is 3. The largest absolute Gasteiger partial charge is 0.508 e. The van der Waals surface area contributed by atoms with Crippen molar-refractivity contribution >= 4 is 5.69 Å². The Morgan fingerprint density at radius 2 is 1.88 bits per heavy atom. The van der Waals surface area contributed by atoms with Gasteiger partial charge in [0.1, 0.15) is 5.75 Å². The molecule has 0 amide bonds. The lowest BCUT2D eigenvalue weighted by molar-refractivity contribution is 0.475. The molecule has 0 saturated carbocycles. The zero-order chi connectivity index (χ0) is 12.1. The van der Waals surface area contributed by atoms with Crippen LogP contribution in [-0.4, -0.2) is 5.11 Å². The SMILES string of the molecule is N#Cc1cccc(NCc2ccc(O)cc2)c1. The van der Waals surface area contributed by atoms with E-state index in [9.17, 15) is 0 Å². The van der Waals surface area contributed by atoms with Crippen LogP contribution in [0.3, 0.4) is 0 Å². The van der Waals surface area contributed by atoms with Crippen LogP contribution >= 0.6 is 0 Å². The normalized spacial score (nSPS) is 9.59. The van der Waals surface area contributed by atoms with E-state index in [1.807, 2.05) is 24.3 Å². The molecule has 0 heterocycles. The van der Waals surface area contributed by atoms with Crippen LogP contribution in [0.1, 0.15) is 11.1 Å². The lowest BCUT2D eigenvalue weighted by atomic mass is 10.2. The molecule has 0 saturated heterocycles. The van der Waals surface area contributed by atoms with E-state index in [1.165, 1.54) is 0 Å². The third kappa shape index (κ3) is 2.99. The van der Waals surface area contributed by atoms with Crippen molar-refractivity contribution in [3.63, 3.8) is 0 Å². The van der Waals surface area contributed by atoms with Crippen molar-refractivity contribution in [2.24, 2.45) is 0 Å². The molecule has 0 radical (unpaired) electrons. The lowest BCUT2D eigenvalue weighted by Crippen LogP contribution is -1.99. The molecule has 0 aliphatic heterocycles. The number of nitriles is 1. The van der Waals surface area contributed by atoms with Crippen LogP contribution in [0.25, 0.3) is 0 Å². The van der Waals surface area contributed by atoms with Crippen molar-refractivity contribution in [2.45, 2.75) is 6.54 Å². The molecule has 17 heavy (non-hydrogen) atoms. The number of anilines is 1. The average molecular weight is 224 g/mol. The molecule has 0 atom stereocenters. The Balaban J connectivity index is 2.02. The van der Waals surface area contributed by atoms with Crippen molar-refractivity contribution in [2.75, 3.05) is 5.32 Å². The fourth-order valence-electron chi connectivity index (χ4n) is 1.52. The van der Waals surface area contributed by atoms with Crippen LogP contribution in [0.5, 0.6) is 5.75 Å². The molecule has 2 N–H and O–H groups in total. The van der Waals surface area contributed by atoms with Crippen LogP contribution < -0.4 is 5.32 Å². The lowest BCUT2D eigenvalue weighted by Gasteiger charge is -2.06. The molecule has 0 spiro atoms. The van der Waals surface area contributed by atoms with Gasteiger partial charge in [-0.2, -0.15) is 5.26 Å². The summed E-state index contributed by atoms with van der Waals surface area (Å²) in [5.41, 5.74) is 2.63. The molecule has 2 aromatic rings. The molecule has 2 rings (SSSR count). The van der Waals surface area contributed by atoms with Crippen molar-refractivity contribution in [1.82, 2.24) is 0 Å². The van der Waals surface area contributed by atoms with Gasteiger partial charge in [-0.05, 0) is 35.9 Å². The van der Waals surface area contributed by atoms with E-state index in [4.69, 9.17) is 10.4 Å². The van der Waals surface area contributed by atoms with Gasteiger partial charge < -0.3 is 10.4 Å². The van der Waals surface area contributed by atoms with Gasteiger partial charge >= 0.3 is 0 Å². The Bertz CT molecular complexity index is 541. The Morgan fingerprint density at radius 3 is 2.59 bits per heavy atom. The highest BCUT2D eigenvalue weighted by molar-refractivity contribution is 5.49. The first-order valence-electron chi connectivity index (χ1n) is 5.30. The van der Waals surface area contributed by atoms with E-state index in [2.05, 4.69) is 11.4 Å². The monoisotopic (exact) mass is 224 g/mol. The number of phenolic OH excluding ortho intramolecular Hbond substituents is 1. The first kappa shape index (κ1) is 11.0. The summed E-state index contributed by atoms with van der Waals surface area (Å²) in [6.45, 7) is 0.662. The summed E-state index contributed by atoms with van der Waals surface area (Å²) in [6, 6.07) is 16.5. The van der Waals surface area contributed by atoms with E-state index in [-0.39, 0.29) is 5.75 Å².